The number of aryl methyl sites for hydroxylation is 1. The molecule has 4 rings (SSSR count). The van der Waals surface area contributed by atoms with Gasteiger partial charge in [0.1, 0.15) is 5.75 Å². The van der Waals surface area contributed by atoms with Crippen molar-refractivity contribution < 1.29 is 14.1 Å². The van der Waals surface area contributed by atoms with E-state index in [-0.39, 0.29) is 11.9 Å². The van der Waals surface area contributed by atoms with Crippen LogP contribution in [0, 0.1) is 6.92 Å². The van der Waals surface area contributed by atoms with Crippen molar-refractivity contribution in [3.8, 4) is 17.1 Å². The molecule has 0 aliphatic carbocycles. The smallest absolute Gasteiger partial charge is 0.321 e. The van der Waals surface area contributed by atoms with Gasteiger partial charge in [0.25, 0.3) is 0 Å². The van der Waals surface area contributed by atoms with E-state index in [0.717, 1.165) is 18.4 Å². The van der Waals surface area contributed by atoms with Gasteiger partial charge in [-0.2, -0.15) is 4.98 Å². The van der Waals surface area contributed by atoms with Crippen molar-refractivity contribution in [3.05, 3.63) is 60.0 Å². The predicted octanol–water partition coefficient (Wildman–Crippen LogP) is 4.86. The number of piperidine rings is 1. The Hall–Kier alpha value is -3.35. The summed E-state index contributed by atoms with van der Waals surface area (Å²) in [7, 11) is 0. The minimum absolute atomic E-state index is 0.119. The number of nitrogens with one attached hydrogen (secondary N) is 1. The van der Waals surface area contributed by atoms with Gasteiger partial charge in [0.15, 0.2) is 0 Å². The molecule has 2 aromatic carbocycles. The second-order valence-corrected chi connectivity index (χ2v) is 7.44. The molecule has 2 amide bonds. The lowest BCUT2D eigenvalue weighted by molar-refractivity contribution is 0.187. The van der Waals surface area contributed by atoms with Crippen LogP contribution in [0.2, 0.25) is 0 Å². The molecule has 0 radical (unpaired) electrons. The molecular weight excluding hydrogens is 380 g/mol. The van der Waals surface area contributed by atoms with Crippen LogP contribution in [0.15, 0.2) is 53.1 Å². The van der Waals surface area contributed by atoms with Gasteiger partial charge in [0, 0.05) is 24.6 Å². The van der Waals surface area contributed by atoms with Crippen LogP contribution in [-0.2, 0) is 0 Å². The molecule has 156 valence electrons. The summed E-state index contributed by atoms with van der Waals surface area (Å²) in [6.45, 7) is 5.79. The zero-order chi connectivity index (χ0) is 20.9. The lowest BCUT2D eigenvalue weighted by atomic mass is 9.97. The molecule has 2 heterocycles. The molecule has 0 spiro atoms. The Kier molecular flexibility index (Phi) is 5.97. The van der Waals surface area contributed by atoms with Crippen molar-refractivity contribution in [1.29, 1.82) is 0 Å². The van der Waals surface area contributed by atoms with Crippen molar-refractivity contribution in [1.82, 2.24) is 15.0 Å². The summed E-state index contributed by atoms with van der Waals surface area (Å²) in [5.74, 6) is 2.10. The van der Waals surface area contributed by atoms with E-state index in [9.17, 15) is 4.79 Å². The van der Waals surface area contributed by atoms with Gasteiger partial charge in [-0.05, 0) is 38.8 Å². The van der Waals surface area contributed by atoms with Gasteiger partial charge >= 0.3 is 6.03 Å². The van der Waals surface area contributed by atoms with E-state index in [2.05, 4.69) is 15.5 Å². The molecule has 1 N–H and O–H groups in total. The Morgan fingerprint density at radius 2 is 1.90 bits per heavy atom. The third-order valence-electron chi connectivity index (χ3n) is 5.31. The van der Waals surface area contributed by atoms with Crippen LogP contribution in [0.3, 0.4) is 0 Å². The monoisotopic (exact) mass is 406 g/mol. The number of benzene rings is 2. The Labute approximate surface area is 176 Å². The normalized spacial score (nSPS) is 14.5. The SMILES string of the molecule is CCOc1ccccc1NC(=O)N1CCC(c2nc(-c3ccc(C)cc3)no2)CC1. The average molecular weight is 406 g/mol. The van der Waals surface area contributed by atoms with Gasteiger partial charge in [0.05, 0.1) is 12.3 Å². The first kappa shape index (κ1) is 19.9. The minimum Gasteiger partial charge on any atom is -0.492 e. The zero-order valence-corrected chi connectivity index (χ0v) is 17.3. The van der Waals surface area contributed by atoms with E-state index in [1.807, 2.05) is 67.3 Å². The fraction of sp³-hybridized carbons (Fsp3) is 0.348. The first-order valence-corrected chi connectivity index (χ1v) is 10.3. The second kappa shape index (κ2) is 8.98. The highest BCUT2D eigenvalue weighted by atomic mass is 16.5. The van der Waals surface area contributed by atoms with Crippen molar-refractivity contribution in [2.75, 3.05) is 25.0 Å². The molecule has 7 nitrogen and oxygen atoms in total. The number of carbonyl (C=O) groups is 1. The van der Waals surface area contributed by atoms with E-state index >= 15 is 0 Å². The molecule has 1 fully saturated rings. The van der Waals surface area contributed by atoms with Crippen LogP contribution < -0.4 is 10.1 Å². The van der Waals surface area contributed by atoms with Gasteiger partial charge in [-0.25, -0.2) is 4.79 Å². The van der Waals surface area contributed by atoms with E-state index < -0.39 is 0 Å². The highest BCUT2D eigenvalue weighted by Gasteiger charge is 2.28. The molecule has 1 aromatic heterocycles. The summed E-state index contributed by atoms with van der Waals surface area (Å²) >= 11 is 0. The quantitative estimate of drug-likeness (QED) is 0.655. The lowest BCUT2D eigenvalue weighted by Gasteiger charge is -2.30. The number of ether oxygens (including phenoxy) is 1. The number of rotatable bonds is 5. The number of aromatic nitrogens is 2. The van der Waals surface area contributed by atoms with Crippen LogP contribution in [0.25, 0.3) is 11.4 Å². The maximum absolute atomic E-state index is 12.7. The molecule has 0 unspecified atom stereocenters. The zero-order valence-electron chi connectivity index (χ0n) is 17.3. The first-order chi connectivity index (χ1) is 14.6. The number of amides is 2. The van der Waals surface area contributed by atoms with E-state index in [1.165, 1.54) is 5.56 Å². The van der Waals surface area contributed by atoms with E-state index in [0.29, 0.717) is 42.8 Å². The Morgan fingerprint density at radius 3 is 2.63 bits per heavy atom. The topological polar surface area (TPSA) is 80.5 Å². The number of likely N-dealkylation sites (tertiary alicyclic amines) is 1. The summed E-state index contributed by atoms with van der Waals surface area (Å²) in [5.41, 5.74) is 2.82. The standard InChI is InChI=1S/C23H26N4O3/c1-3-29-20-7-5-4-6-19(20)24-23(28)27-14-12-18(13-15-27)22-25-21(26-30-22)17-10-8-16(2)9-11-17/h4-11,18H,3,12-15H2,1-2H3,(H,24,28). The van der Waals surface area contributed by atoms with Crippen molar-refractivity contribution >= 4 is 11.7 Å². The van der Waals surface area contributed by atoms with Crippen LogP contribution >= 0.6 is 0 Å². The fourth-order valence-corrected chi connectivity index (χ4v) is 3.60. The predicted molar refractivity (Wildman–Crippen MR) is 115 cm³/mol. The Bertz CT molecular complexity index is 992. The lowest BCUT2D eigenvalue weighted by Crippen LogP contribution is -2.40. The van der Waals surface area contributed by atoms with Gasteiger partial charge < -0.3 is 19.5 Å². The number of hydrogen-bond donors (Lipinski definition) is 1. The van der Waals surface area contributed by atoms with Gasteiger partial charge in [-0.15, -0.1) is 0 Å². The molecule has 0 bridgehead atoms. The number of nitrogens with zero attached hydrogens (tertiary/aromatic N) is 3. The molecular formula is C23H26N4O3. The van der Waals surface area contributed by atoms with Crippen molar-refractivity contribution in [3.63, 3.8) is 0 Å². The number of para-hydroxylation sites is 2. The average Bonchev–Trinajstić information content (AvgIpc) is 3.26. The van der Waals surface area contributed by atoms with Crippen LogP contribution in [0.4, 0.5) is 10.5 Å². The molecule has 1 aliphatic heterocycles. The molecule has 0 saturated carbocycles. The third kappa shape index (κ3) is 4.45. The summed E-state index contributed by atoms with van der Waals surface area (Å²) in [6.07, 6.45) is 1.58. The molecule has 3 aromatic rings. The van der Waals surface area contributed by atoms with E-state index in [4.69, 9.17) is 9.26 Å². The maximum atomic E-state index is 12.7. The largest absolute Gasteiger partial charge is 0.492 e. The first-order valence-electron chi connectivity index (χ1n) is 10.3. The number of urea groups is 1. The van der Waals surface area contributed by atoms with Gasteiger partial charge in [0.2, 0.25) is 11.7 Å². The summed E-state index contributed by atoms with van der Waals surface area (Å²) < 4.78 is 11.1. The van der Waals surface area contributed by atoms with Gasteiger partial charge in [-0.1, -0.05) is 47.1 Å². The second-order valence-electron chi connectivity index (χ2n) is 7.44. The fourth-order valence-electron chi connectivity index (χ4n) is 3.60. The summed E-state index contributed by atoms with van der Waals surface area (Å²) in [6, 6.07) is 15.4. The van der Waals surface area contributed by atoms with Gasteiger partial charge in [-0.3, -0.25) is 0 Å². The third-order valence-corrected chi connectivity index (χ3v) is 5.31. The Balaban J connectivity index is 1.35. The highest BCUT2D eigenvalue weighted by Crippen LogP contribution is 2.30. The number of anilines is 1. The molecule has 1 aliphatic rings. The van der Waals surface area contributed by atoms with Crippen molar-refractivity contribution in [2.45, 2.75) is 32.6 Å². The number of hydrogen-bond acceptors (Lipinski definition) is 5. The van der Waals surface area contributed by atoms with Crippen molar-refractivity contribution in [2.24, 2.45) is 0 Å². The molecule has 0 atom stereocenters. The number of carbonyl (C=O) groups excluding carboxylic acids is 1. The molecule has 7 heteroatoms. The maximum Gasteiger partial charge on any atom is 0.321 e. The summed E-state index contributed by atoms with van der Waals surface area (Å²) in [4.78, 5) is 19.1. The minimum atomic E-state index is -0.119. The molecule has 1 saturated heterocycles. The van der Waals surface area contributed by atoms with Crippen LogP contribution in [0.1, 0.15) is 37.1 Å². The highest BCUT2D eigenvalue weighted by molar-refractivity contribution is 5.91. The molecule has 30 heavy (non-hydrogen) atoms. The summed E-state index contributed by atoms with van der Waals surface area (Å²) in [5, 5.41) is 7.10. The van der Waals surface area contributed by atoms with E-state index in [1.54, 1.807) is 0 Å². The van der Waals surface area contributed by atoms with Crippen LogP contribution in [-0.4, -0.2) is 40.8 Å². The Morgan fingerprint density at radius 1 is 1.17 bits per heavy atom. The van der Waals surface area contributed by atoms with Crippen LogP contribution in [0.5, 0.6) is 5.75 Å².